The SMILES string of the molecule is CC(C)c1c(C(=O)[O-])cnc2cc(C(C)(C)C)nn12. The van der Waals surface area contributed by atoms with Gasteiger partial charge in [0, 0.05) is 23.2 Å². The molecular weight excluding hydrogens is 242 g/mol. The van der Waals surface area contributed by atoms with E-state index in [-0.39, 0.29) is 16.9 Å². The highest BCUT2D eigenvalue weighted by atomic mass is 16.4. The molecule has 0 unspecified atom stereocenters. The van der Waals surface area contributed by atoms with Gasteiger partial charge >= 0.3 is 0 Å². The van der Waals surface area contributed by atoms with Crippen molar-refractivity contribution in [3.8, 4) is 0 Å². The Hall–Kier alpha value is -1.91. The molecule has 5 nitrogen and oxygen atoms in total. The first-order chi connectivity index (χ1) is 8.71. The van der Waals surface area contributed by atoms with E-state index in [0.717, 1.165) is 5.69 Å². The molecule has 0 aliphatic rings. The van der Waals surface area contributed by atoms with E-state index in [1.165, 1.54) is 6.20 Å². The maximum Gasteiger partial charge on any atom is 0.155 e. The summed E-state index contributed by atoms with van der Waals surface area (Å²) in [6.07, 6.45) is 1.36. The van der Waals surface area contributed by atoms with Crippen molar-refractivity contribution in [2.75, 3.05) is 0 Å². The summed E-state index contributed by atoms with van der Waals surface area (Å²) in [6.45, 7) is 10.0. The highest BCUT2D eigenvalue weighted by Gasteiger charge is 2.21. The number of fused-ring (bicyclic) bond motifs is 1. The van der Waals surface area contributed by atoms with Crippen LogP contribution < -0.4 is 5.11 Å². The maximum atomic E-state index is 11.2. The van der Waals surface area contributed by atoms with Crippen LogP contribution in [0.4, 0.5) is 0 Å². The monoisotopic (exact) mass is 260 g/mol. The molecular formula is C14H18N3O2-. The van der Waals surface area contributed by atoms with E-state index in [2.05, 4.69) is 30.9 Å². The summed E-state index contributed by atoms with van der Waals surface area (Å²) in [7, 11) is 0. The number of hydrogen-bond acceptors (Lipinski definition) is 4. The number of hydrogen-bond donors (Lipinski definition) is 0. The lowest BCUT2D eigenvalue weighted by molar-refractivity contribution is -0.255. The van der Waals surface area contributed by atoms with Crippen molar-refractivity contribution >= 4 is 11.6 Å². The number of carboxylic acid groups (broad SMARTS) is 1. The van der Waals surface area contributed by atoms with Crippen molar-refractivity contribution in [1.82, 2.24) is 14.6 Å². The summed E-state index contributed by atoms with van der Waals surface area (Å²) in [5, 5.41) is 15.7. The number of aromatic nitrogens is 3. The normalized spacial score (nSPS) is 12.3. The van der Waals surface area contributed by atoms with Crippen LogP contribution in [0.15, 0.2) is 12.3 Å². The number of carbonyl (C=O) groups excluding carboxylic acids is 1. The average molecular weight is 260 g/mol. The third-order valence-corrected chi connectivity index (χ3v) is 3.06. The predicted molar refractivity (Wildman–Crippen MR) is 70.1 cm³/mol. The van der Waals surface area contributed by atoms with E-state index in [1.54, 1.807) is 4.52 Å². The first kappa shape index (κ1) is 13.5. The molecule has 2 heterocycles. The van der Waals surface area contributed by atoms with Crippen molar-refractivity contribution in [2.45, 2.75) is 46.0 Å². The highest BCUT2D eigenvalue weighted by molar-refractivity contribution is 5.87. The lowest BCUT2D eigenvalue weighted by atomic mass is 9.93. The van der Waals surface area contributed by atoms with Crippen LogP contribution in [0.3, 0.4) is 0 Å². The third-order valence-electron chi connectivity index (χ3n) is 3.06. The fourth-order valence-corrected chi connectivity index (χ4v) is 2.03. The first-order valence-electron chi connectivity index (χ1n) is 6.32. The van der Waals surface area contributed by atoms with E-state index < -0.39 is 5.97 Å². The number of nitrogens with zero attached hydrogens (tertiary/aromatic N) is 3. The second kappa shape index (κ2) is 4.33. The van der Waals surface area contributed by atoms with Crippen LogP contribution >= 0.6 is 0 Å². The fraction of sp³-hybridized carbons (Fsp3) is 0.500. The van der Waals surface area contributed by atoms with Gasteiger partial charge in [-0.25, -0.2) is 9.50 Å². The minimum Gasteiger partial charge on any atom is -0.545 e. The molecule has 2 aromatic heterocycles. The Bertz CT molecular complexity index is 636. The van der Waals surface area contributed by atoms with E-state index in [1.807, 2.05) is 19.9 Å². The highest BCUT2D eigenvalue weighted by Crippen LogP contribution is 2.25. The molecule has 0 spiro atoms. The summed E-state index contributed by atoms with van der Waals surface area (Å²) in [5.74, 6) is -1.20. The zero-order chi connectivity index (χ0) is 14.4. The number of rotatable bonds is 2. The van der Waals surface area contributed by atoms with Gasteiger partial charge < -0.3 is 9.90 Å². The molecule has 2 aromatic rings. The Morgan fingerprint density at radius 2 is 2.00 bits per heavy atom. The average Bonchev–Trinajstić information content (AvgIpc) is 2.69. The Kier molecular flexibility index (Phi) is 3.08. The molecule has 0 bridgehead atoms. The molecule has 5 heteroatoms. The van der Waals surface area contributed by atoms with Crippen molar-refractivity contribution < 1.29 is 9.90 Å². The molecule has 0 aliphatic carbocycles. The lowest BCUT2D eigenvalue weighted by Crippen LogP contribution is -2.26. The quantitative estimate of drug-likeness (QED) is 0.820. The molecule has 0 saturated heterocycles. The van der Waals surface area contributed by atoms with Gasteiger partial charge in [-0.2, -0.15) is 5.10 Å². The van der Waals surface area contributed by atoms with Crippen LogP contribution in [-0.4, -0.2) is 20.6 Å². The lowest BCUT2D eigenvalue weighted by Gasteiger charge is -2.15. The number of aromatic carboxylic acids is 1. The molecule has 0 N–H and O–H groups in total. The van der Waals surface area contributed by atoms with Gasteiger partial charge in [0.05, 0.1) is 17.4 Å². The maximum absolute atomic E-state index is 11.2. The van der Waals surface area contributed by atoms with E-state index in [4.69, 9.17) is 0 Å². The van der Waals surface area contributed by atoms with Crippen molar-refractivity contribution in [3.63, 3.8) is 0 Å². The molecule has 0 aliphatic heterocycles. The molecule has 0 atom stereocenters. The summed E-state index contributed by atoms with van der Waals surface area (Å²) in [4.78, 5) is 15.3. The molecule has 0 fully saturated rings. The zero-order valence-electron chi connectivity index (χ0n) is 11.9. The third kappa shape index (κ3) is 2.32. The van der Waals surface area contributed by atoms with Crippen LogP contribution in [0.1, 0.15) is 62.3 Å². The van der Waals surface area contributed by atoms with E-state index >= 15 is 0 Å². The van der Waals surface area contributed by atoms with Crippen LogP contribution in [-0.2, 0) is 5.41 Å². The van der Waals surface area contributed by atoms with E-state index in [0.29, 0.717) is 11.3 Å². The smallest absolute Gasteiger partial charge is 0.155 e. The number of carboxylic acids is 1. The number of carbonyl (C=O) groups is 1. The van der Waals surface area contributed by atoms with Crippen LogP contribution in [0.25, 0.3) is 5.65 Å². The molecule has 2 rings (SSSR count). The Balaban J connectivity index is 2.78. The van der Waals surface area contributed by atoms with Crippen LogP contribution in [0.2, 0.25) is 0 Å². The minimum absolute atomic E-state index is 0.0196. The molecule has 0 amide bonds. The molecule has 0 saturated carbocycles. The minimum atomic E-state index is -1.22. The molecule has 0 radical (unpaired) electrons. The largest absolute Gasteiger partial charge is 0.545 e. The van der Waals surface area contributed by atoms with Gasteiger partial charge in [-0.1, -0.05) is 34.6 Å². The second-order valence-electron chi connectivity index (χ2n) is 6.05. The van der Waals surface area contributed by atoms with Gasteiger partial charge in [-0.3, -0.25) is 0 Å². The fourth-order valence-electron chi connectivity index (χ4n) is 2.03. The summed E-state index contributed by atoms with van der Waals surface area (Å²) >= 11 is 0. The van der Waals surface area contributed by atoms with Crippen molar-refractivity contribution in [2.24, 2.45) is 0 Å². The molecule has 19 heavy (non-hydrogen) atoms. The van der Waals surface area contributed by atoms with Gasteiger partial charge in [0.2, 0.25) is 0 Å². The zero-order valence-corrected chi connectivity index (χ0v) is 11.9. The van der Waals surface area contributed by atoms with Gasteiger partial charge in [0.15, 0.2) is 5.65 Å². The van der Waals surface area contributed by atoms with Gasteiger partial charge in [-0.05, 0) is 5.92 Å². The van der Waals surface area contributed by atoms with Gasteiger partial charge in [-0.15, -0.1) is 0 Å². The Morgan fingerprint density at radius 1 is 1.37 bits per heavy atom. The first-order valence-corrected chi connectivity index (χ1v) is 6.32. The standard InChI is InChI=1S/C14H19N3O2/c1-8(2)12-9(13(18)19)7-15-11-6-10(14(3,4)5)16-17(11)12/h6-8H,1-5H3,(H,18,19)/p-1. The summed E-state index contributed by atoms with van der Waals surface area (Å²) in [6, 6.07) is 1.89. The van der Waals surface area contributed by atoms with Crippen molar-refractivity contribution in [1.29, 1.82) is 0 Å². The molecule has 102 valence electrons. The predicted octanol–water partition coefficient (Wildman–Crippen LogP) is 1.51. The molecule has 0 aromatic carbocycles. The summed E-state index contributed by atoms with van der Waals surface area (Å²) in [5.41, 5.74) is 2.17. The van der Waals surface area contributed by atoms with Gasteiger partial charge in [0.25, 0.3) is 0 Å². The Labute approximate surface area is 112 Å². The van der Waals surface area contributed by atoms with Crippen molar-refractivity contribution in [3.05, 3.63) is 29.2 Å². The van der Waals surface area contributed by atoms with Gasteiger partial charge in [0.1, 0.15) is 0 Å². The van der Waals surface area contributed by atoms with E-state index in [9.17, 15) is 9.90 Å². The summed E-state index contributed by atoms with van der Waals surface area (Å²) < 4.78 is 1.62. The van der Waals surface area contributed by atoms with Crippen LogP contribution in [0.5, 0.6) is 0 Å². The topological polar surface area (TPSA) is 70.3 Å². The van der Waals surface area contributed by atoms with Crippen LogP contribution in [0, 0.1) is 0 Å². The Morgan fingerprint density at radius 3 is 2.47 bits per heavy atom. The second-order valence-corrected chi connectivity index (χ2v) is 6.05.